The van der Waals surface area contributed by atoms with E-state index in [1.165, 1.54) is 18.6 Å². The first-order valence-corrected chi connectivity index (χ1v) is 7.80. The molecule has 0 saturated heterocycles. The summed E-state index contributed by atoms with van der Waals surface area (Å²) in [4.78, 5) is 34.8. The lowest BCUT2D eigenvalue weighted by atomic mass is 10.1. The molecule has 25 heavy (non-hydrogen) atoms. The van der Waals surface area contributed by atoms with Crippen molar-refractivity contribution >= 4 is 23.2 Å². The Morgan fingerprint density at radius 3 is 2.64 bits per heavy atom. The summed E-state index contributed by atoms with van der Waals surface area (Å²) in [5.74, 6) is -0.524. The van der Waals surface area contributed by atoms with Crippen molar-refractivity contribution in [2.45, 2.75) is 6.54 Å². The topological polar surface area (TPSA) is 75.2 Å². The van der Waals surface area contributed by atoms with E-state index >= 15 is 0 Å². The molecule has 4 rings (SSSR count). The van der Waals surface area contributed by atoms with Crippen LogP contribution in [0, 0.1) is 0 Å². The summed E-state index contributed by atoms with van der Waals surface area (Å²) >= 11 is 0. The summed E-state index contributed by atoms with van der Waals surface area (Å²) in [6, 6.07) is 14.9. The molecule has 2 heterocycles. The Morgan fingerprint density at radius 2 is 1.88 bits per heavy atom. The minimum atomic E-state index is -0.396. The van der Waals surface area contributed by atoms with Crippen molar-refractivity contribution in [2.75, 3.05) is 10.2 Å². The summed E-state index contributed by atoms with van der Waals surface area (Å²) in [6.07, 6.45) is 4.33. The van der Waals surface area contributed by atoms with Gasteiger partial charge in [0.05, 0.1) is 24.0 Å². The fourth-order valence-electron chi connectivity index (χ4n) is 2.88. The van der Waals surface area contributed by atoms with Crippen LogP contribution in [0.2, 0.25) is 0 Å². The van der Waals surface area contributed by atoms with Gasteiger partial charge in [-0.25, -0.2) is 4.98 Å². The van der Waals surface area contributed by atoms with E-state index in [-0.39, 0.29) is 11.6 Å². The third-order valence-corrected chi connectivity index (χ3v) is 4.05. The van der Waals surface area contributed by atoms with Gasteiger partial charge in [-0.15, -0.1) is 0 Å². The number of benzene rings is 2. The van der Waals surface area contributed by atoms with Gasteiger partial charge in [0.1, 0.15) is 5.69 Å². The minimum Gasteiger partial charge on any atom is -0.320 e. The van der Waals surface area contributed by atoms with Crippen LogP contribution in [-0.2, 0) is 6.54 Å². The maximum atomic E-state index is 12.9. The van der Waals surface area contributed by atoms with Crippen LogP contribution in [0.15, 0.2) is 67.1 Å². The number of rotatable bonds is 3. The first-order valence-electron chi connectivity index (χ1n) is 7.80. The van der Waals surface area contributed by atoms with Crippen LogP contribution in [0.1, 0.15) is 26.4 Å². The highest BCUT2D eigenvalue weighted by Crippen LogP contribution is 2.32. The zero-order chi connectivity index (χ0) is 17.2. The van der Waals surface area contributed by atoms with E-state index in [0.29, 0.717) is 17.8 Å². The summed E-state index contributed by atoms with van der Waals surface area (Å²) in [5, 5.41) is 2.77. The van der Waals surface area contributed by atoms with Crippen LogP contribution < -0.4 is 10.2 Å². The molecule has 0 spiro atoms. The predicted molar refractivity (Wildman–Crippen MR) is 93.4 cm³/mol. The van der Waals surface area contributed by atoms with E-state index in [1.54, 1.807) is 11.0 Å². The van der Waals surface area contributed by atoms with Crippen LogP contribution in [0.4, 0.5) is 11.4 Å². The molecule has 1 aliphatic heterocycles. The second-order valence-corrected chi connectivity index (χ2v) is 5.61. The average molecular weight is 330 g/mol. The molecule has 1 aromatic heterocycles. The Balaban J connectivity index is 1.65. The number of anilines is 2. The van der Waals surface area contributed by atoms with E-state index in [1.807, 2.05) is 42.5 Å². The van der Waals surface area contributed by atoms with Gasteiger partial charge in [0.25, 0.3) is 11.8 Å². The Kier molecular flexibility index (Phi) is 3.70. The molecule has 122 valence electrons. The highest BCUT2D eigenvalue weighted by atomic mass is 16.2. The van der Waals surface area contributed by atoms with Gasteiger partial charge in [0.2, 0.25) is 0 Å². The highest BCUT2D eigenvalue weighted by molar-refractivity contribution is 6.16. The molecule has 0 aliphatic carbocycles. The van der Waals surface area contributed by atoms with Crippen molar-refractivity contribution in [3.8, 4) is 0 Å². The smallest absolute Gasteiger partial charge is 0.275 e. The van der Waals surface area contributed by atoms with E-state index in [4.69, 9.17) is 0 Å². The standard InChI is InChI=1S/C19H14N4O2/c24-18(16-11-20-9-10-21-16)22-15-8-4-5-13-12-23(19(25)17(13)15)14-6-2-1-3-7-14/h1-11H,12H2,(H,22,24). The first-order chi connectivity index (χ1) is 12.2. The number of nitrogens with one attached hydrogen (secondary N) is 1. The summed E-state index contributed by atoms with van der Waals surface area (Å²) in [7, 11) is 0. The fourth-order valence-corrected chi connectivity index (χ4v) is 2.88. The third-order valence-electron chi connectivity index (χ3n) is 4.05. The molecule has 2 amide bonds. The molecule has 0 saturated carbocycles. The number of nitrogens with zero attached hydrogens (tertiary/aromatic N) is 3. The van der Waals surface area contributed by atoms with Crippen molar-refractivity contribution in [3.05, 3.63) is 83.9 Å². The lowest BCUT2D eigenvalue weighted by molar-refractivity contribution is 0.0997. The molecular formula is C19H14N4O2. The minimum absolute atomic E-state index is 0.128. The molecule has 1 aliphatic rings. The van der Waals surface area contributed by atoms with Crippen LogP contribution in [0.5, 0.6) is 0 Å². The van der Waals surface area contributed by atoms with E-state index < -0.39 is 5.91 Å². The quantitative estimate of drug-likeness (QED) is 0.801. The van der Waals surface area contributed by atoms with Crippen molar-refractivity contribution in [2.24, 2.45) is 0 Å². The van der Waals surface area contributed by atoms with Gasteiger partial charge < -0.3 is 10.2 Å². The van der Waals surface area contributed by atoms with Gasteiger partial charge in [0.15, 0.2) is 0 Å². The molecule has 3 aromatic rings. The fraction of sp³-hybridized carbons (Fsp3) is 0.0526. The lowest BCUT2D eigenvalue weighted by Gasteiger charge is -2.15. The van der Waals surface area contributed by atoms with Gasteiger partial charge in [0, 0.05) is 18.1 Å². The largest absolute Gasteiger partial charge is 0.320 e. The zero-order valence-corrected chi connectivity index (χ0v) is 13.2. The predicted octanol–water partition coefficient (Wildman–Crippen LogP) is 2.89. The highest BCUT2D eigenvalue weighted by Gasteiger charge is 2.31. The number of carbonyl (C=O) groups is 2. The second kappa shape index (κ2) is 6.16. The lowest BCUT2D eigenvalue weighted by Crippen LogP contribution is -2.24. The van der Waals surface area contributed by atoms with Crippen LogP contribution in [-0.4, -0.2) is 21.8 Å². The Bertz CT molecular complexity index is 942. The molecule has 0 radical (unpaired) electrons. The number of hydrogen-bond acceptors (Lipinski definition) is 4. The molecule has 6 nitrogen and oxygen atoms in total. The number of amides is 2. The molecule has 0 fully saturated rings. The van der Waals surface area contributed by atoms with Gasteiger partial charge >= 0.3 is 0 Å². The second-order valence-electron chi connectivity index (χ2n) is 5.61. The molecule has 0 atom stereocenters. The van der Waals surface area contributed by atoms with Crippen LogP contribution >= 0.6 is 0 Å². The Hall–Kier alpha value is -3.54. The van der Waals surface area contributed by atoms with Crippen molar-refractivity contribution in [3.63, 3.8) is 0 Å². The molecule has 1 N–H and O–H groups in total. The van der Waals surface area contributed by atoms with Crippen molar-refractivity contribution < 1.29 is 9.59 Å². The van der Waals surface area contributed by atoms with Gasteiger partial charge in [-0.3, -0.25) is 14.6 Å². The van der Waals surface area contributed by atoms with Crippen LogP contribution in [0.25, 0.3) is 0 Å². The maximum Gasteiger partial charge on any atom is 0.275 e. The number of aromatic nitrogens is 2. The summed E-state index contributed by atoms with van der Waals surface area (Å²) in [6.45, 7) is 0.479. The van der Waals surface area contributed by atoms with Crippen molar-refractivity contribution in [1.82, 2.24) is 9.97 Å². The summed E-state index contributed by atoms with van der Waals surface area (Å²) < 4.78 is 0. The molecule has 2 aromatic carbocycles. The number of para-hydroxylation sites is 1. The molecule has 0 unspecified atom stereocenters. The third kappa shape index (κ3) is 2.74. The molecular weight excluding hydrogens is 316 g/mol. The number of fused-ring (bicyclic) bond motifs is 1. The summed E-state index contributed by atoms with van der Waals surface area (Å²) in [5.41, 5.74) is 2.91. The van der Waals surface area contributed by atoms with E-state index in [2.05, 4.69) is 15.3 Å². The normalized spacial score (nSPS) is 12.8. The number of carbonyl (C=O) groups excluding carboxylic acids is 2. The van der Waals surface area contributed by atoms with Crippen LogP contribution in [0.3, 0.4) is 0 Å². The Morgan fingerprint density at radius 1 is 1.04 bits per heavy atom. The monoisotopic (exact) mass is 330 g/mol. The van der Waals surface area contributed by atoms with E-state index in [9.17, 15) is 9.59 Å². The molecule has 0 bridgehead atoms. The average Bonchev–Trinajstić information content (AvgIpc) is 3.01. The zero-order valence-electron chi connectivity index (χ0n) is 13.2. The van der Waals surface area contributed by atoms with Gasteiger partial charge in [-0.1, -0.05) is 30.3 Å². The maximum absolute atomic E-state index is 12.9. The van der Waals surface area contributed by atoms with Gasteiger partial charge in [-0.2, -0.15) is 0 Å². The molecule has 6 heteroatoms. The first kappa shape index (κ1) is 15.0. The number of hydrogen-bond donors (Lipinski definition) is 1. The van der Waals surface area contributed by atoms with E-state index in [0.717, 1.165) is 11.3 Å². The Labute approximate surface area is 144 Å². The SMILES string of the molecule is O=C(Nc1cccc2c1C(=O)N(c1ccccc1)C2)c1cnccn1. The van der Waals surface area contributed by atoms with Crippen molar-refractivity contribution in [1.29, 1.82) is 0 Å². The van der Waals surface area contributed by atoms with Gasteiger partial charge in [-0.05, 0) is 23.8 Å².